The summed E-state index contributed by atoms with van der Waals surface area (Å²) in [5.41, 5.74) is 8.92. The van der Waals surface area contributed by atoms with E-state index >= 15 is 0 Å². The molecule has 1 aliphatic heterocycles. The summed E-state index contributed by atoms with van der Waals surface area (Å²) in [5, 5.41) is 4.03. The zero-order chi connectivity index (χ0) is 13.4. The normalized spacial score (nSPS) is 14.3. The number of carbonyl (C=O) groups excluding carboxylic acids is 1. The molecule has 0 bridgehead atoms. The van der Waals surface area contributed by atoms with Gasteiger partial charge in [-0.05, 0) is 24.5 Å². The number of hydrogen-bond acceptors (Lipinski definition) is 3. The number of rotatable bonds is 1. The number of fused-ring (bicyclic) bond motifs is 1. The third-order valence-electron chi connectivity index (χ3n) is 3.53. The number of para-hydroxylation sites is 1. The average molecular weight is 256 g/mol. The lowest BCUT2D eigenvalue weighted by atomic mass is 10.0. The Morgan fingerprint density at radius 2 is 2.16 bits per heavy atom. The summed E-state index contributed by atoms with van der Waals surface area (Å²) in [5.74, 6) is -0.0790. The zero-order valence-corrected chi connectivity index (χ0v) is 10.8. The van der Waals surface area contributed by atoms with Crippen LogP contribution >= 0.6 is 0 Å². The molecule has 2 aromatic rings. The van der Waals surface area contributed by atoms with E-state index < -0.39 is 0 Å². The molecule has 0 saturated heterocycles. The number of anilines is 2. The van der Waals surface area contributed by atoms with Crippen molar-refractivity contribution in [2.24, 2.45) is 7.05 Å². The largest absolute Gasteiger partial charge is 0.396 e. The smallest absolute Gasteiger partial charge is 0.278 e. The molecule has 0 fully saturated rings. The number of amides is 1. The number of aryl methyl sites for hydroxylation is 2. The van der Waals surface area contributed by atoms with Crippen molar-refractivity contribution in [1.29, 1.82) is 0 Å². The van der Waals surface area contributed by atoms with E-state index in [0.717, 1.165) is 25.1 Å². The minimum absolute atomic E-state index is 0.0790. The maximum absolute atomic E-state index is 12.7. The Bertz CT molecular complexity index is 613. The van der Waals surface area contributed by atoms with E-state index in [-0.39, 0.29) is 5.91 Å². The molecule has 0 unspecified atom stereocenters. The second-order valence-corrected chi connectivity index (χ2v) is 4.76. The van der Waals surface area contributed by atoms with Crippen molar-refractivity contribution in [2.45, 2.75) is 12.8 Å². The third-order valence-corrected chi connectivity index (χ3v) is 3.53. The first kappa shape index (κ1) is 11.8. The van der Waals surface area contributed by atoms with E-state index in [2.05, 4.69) is 11.2 Å². The molecule has 5 heteroatoms. The van der Waals surface area contributed by atoms with E-state index in [1.807, 2.05) is 18.2 Å². The van der Waals surface area contributed by atoms with E-state index in [9.17, 15) is 4.79 Å². The number of hydrogen-bond donors (Lipinski definition) is 1. The first-order chi connectivity index (χ1) is 9.18. The fourth-order valence-electron chi connectivity index (χ4n) is 2.59. The molecule has 1 aliphatic rings. The Kier molecular flexibility index (Phi) is 2.74. The molecule has 98 valence electrons. The van der Waals surface area contributed by atoms with Gasteiger partial charge in [0, 0.05) is 19.3 Å². The summed E-state index contributed by atoms with van der Waals surface area (Å²) >= 11 is 0. The van der Waals surface area contributed by atoms with Crippen LogP contribution in [0, 0.1) is 0 Å². The van der Waals surface area contributed by atoms with Crippen LogP contribution in [-0.2, 0) is 13.5 Å². The van der Waals surface area contributed by atoms with Gasteiger partial charge in [0.05, 0.1) is 11.9 Å². The van der Waals surface area contributed by atoms with Crippen molar-refractivity contribution < 1.29 is 4.79 Å². The second-order valence-electron chi connectivity index (χ2n) is 4.76. The van der Waals surface area contributed by atoms with Crippen molar-refractivity contribution in [3.05, 3.63) is 41.7 Å². The van der Waals surface area contributed by atoms with Gasteiger partial charge in [-0.15, -0.1) is 0 Å². The highest BCUT2D eigenvalue weighted by molar-refractivity contribution is 6.08. The number of nitrogens with zero attached hydrogens (tertiary/aromatic N) is 3. The Labute approximate surface area is 111 Å². The zero-order valence-electron chi connectivity index (χ0n) is 10.8. The van der Waals surface area contributed by atoms with Crippen LogP contribution in [0.25, 0.3) is 0 Å². The van der Waals surface area contributed by atoms with Crippen molar-refractivity contribution in [2.75, 3.05) is 17.2 Å². The van der Waals surface area contributed by atoms with Crippen LogP contribution < -0.4 is 10.6 Å². The van der Waals surface area contributed by atoms with Gasteiger partial charge in [-0.3, -0.25) is 9.48 Å². The van der Waals surface area contributed by atoms with E-state index in [0.29, 0.717) is 11.4 Å². The molecule has 0 radical (unpaired) electrons. The lowest BCUT2D eigenvalue weighted by molar-refractivity contribution is 0.0977. The predicted octanol–water partition coefficient (Wildman–Crippen LogP) is 1.60. The SMILES string of the molecule is Cn1ncc(N)c1C(=O)N1CCCc2ccccc21. The molecule has 1 aromatic carbocycles. The first-order valence-corrected chi connectivity index (χ1v) is 6.35. The molecule has 0 atom stereocenters. The summed E-state index contributed by atoms with van der Waals surface area (Å²) in [6.07, 6.45) is 3.50. The number of benzene rings is 1. The highest BCUT2D eigenvalue weighted by atomic mass is 16.2. The molecule has 1 aromatic heterocycles. The fourth-order valence-corrected chi connectivity index (χ4v) is 2.59. The molecule has 0 spiro atoms. The van der Waals surface area contributed by atoms with Crippen molar-refractivity contribution in [1.82, 2.24) is 9.78 Å². The van der Waals surface area contributed by atoms with Gasteiger partial charge >= 0.3 is 0 Å². The fraction of sp³-hybridized carbons (Fsp3) is 0.286. The van der Waals surface area contributed by atoms with Crippen LogP contribution in [0.1, 0.15) is 22.5 Å². The lowest BCUT2D eigenvalue weighted by Gasteiger charge is -2.29. The topological polar surface area (TPSA) is 64.2 Å². The Balaban J connectivity index is 2.03. The minimum atomic E-state index is -0.0790. The highest BCUT2D eigenvalue weighted by Gasteiger charge is 2.26. The van der Waals surface area contributed by atoms with Gasteiger partial charge in [-0.1, -0.05) is 18.2 Å². The van der Waals surface area contributed by atoms with E-state index in [1.54, 1.807) is 11.9 Å². The van der Waals surface area contributed by atoms with Crippen LogP contribution in [-0.4, -0.2) is 22.2 Å². The van der Waals surface area contributed by atoms with Crippen LogP contribution in [0.2, 0.25) is 0 Å². The van der Waals surface area contributed by atoms with Crippen LogP contribution in [0.4, 0.5) is 11.4 Å². The lowest BCUT2D eigenvalue weighted by Crippen LogP contribution is -2.36. The molecule has 1 amide bonds. The highest BCUT2D eigenvalue weighted by Crippen LogP contribution is 2.28. The Morgan fingerprint density at radius 3 is 2.89 bits per heavy atom. The third kappa shape index (κ3) is 1.87. The standard InChI is InChI=1S/C14H16N4O/c1-17-13(11(15)9-16-17)14(19)18-8-4-6-10-5-2-3-7-12(10)18/h2-3,5,7,9H,4,6,8,15H2,1H3. The number of aromatic nitrogens is 2. The molecule has 2 heterocycles. The predicted molar refractivity (Wildman–Crippen MR) is 74.1 cm³/mol. The summed E-state index contributed by atoms with van der Waals surface area (Å²) in [6.45, 7) is 0.723. The molecule has 5 nitrogen and oxygen atoms in total. The summed E-state index contributed by atoms with van der Waals surface area (Å²) in [4.78, 5) is 14.4. The maximum Gasteiger partial charge on any atom is 0.278 e. The molecule has 0 saturated carbocycles. The van der Waals surface area contributed by atoms with E-state index in [4.69, 9.17) is 5.73 Å². The van der Waals surface area contributed by atoms with Gasteiger partial charge in [0.25, 0.3) is 5.91 Å². The summed E-state index contributed by atoms with van der Waals surface area (Å²) < 4.78 is 1.54. The molecule has 2 N–H and O–H groups in total. The van der Waals surface area contributed by atoms with Crippen molar-refractivity contribution in [3.8, 4) is 0 Å². The number of nitrogens with two attached hydrogens (primary N) is 1. The minimum Gasteiger partial charge on any atom is -0.396 e. The Hall–Kier alpha value is -2.30. The van der Waals surface area contributed by atoms with Crippen LogP contribution in [0.15, 0.2) is 30.5 Å². The molecule has 0 aliphatic carbocycles. The van der Waals surface area contributed by atoms with Crippen molar-refractivity contribution >= 4 is 17.3 Å². The van der Waals surface area contributed by atoms with Gasteiger partial charge in [0.1, 0.15) is 5.69 Å². The second kappa shape index (κ2) is 4.42. The molecular weight excluding hydrogens is 240 g/mol. The van der Waals surface area contributed by atoms with Crippen LogP contribution in [0.3, 0.4) is 0 Å². The number of nitrogen functional groups attached to an aromatic ring is 1. The number of carbonyl (C=O) groups is 1. The first-order valence-electron chi connectivity index (χ1n) is 6.35. The summed E-state index contributed by atoms with van der Waals surface area (Å²) in [7, 11) is 1.74. The quantitative estimate of drug-likeness (QED) is 0.842. The van der Waals surface area contributed by atoms with Gasteiger partial charge in [-0.25, -0.2) is 0 Å². The van der Waals surface area contributed by atoms with Gasteiger partial charge in [0.15, 0.2) is 0 Å². The van der Waals surface area contributed by atoms with Gasteiger partial charge in [0.2, 0.25) is 0 Å². The summed E-state index contributed by atoms with van der Waals surface area (Å²) in [6, 6.07) is 8.02. The van der Waals surface area contributed by atoms with E-state index in [1.165, 1.54) is 16.4 Å². The molecule has 3 rings (SSSR count). The monoisotopic (exact) mass is 256 g/mol. The van der Waals surface area contributed by atoms with Gasteiger partial charge in [-0.2, -0.15) is 5.10 Å². The Morgan fingerprint density at radius 1 is 1.37 bits per heavy atom. The average Bonchev–Trinajstić information content (AvgIpc) is 2.77. The molecule has 19 heavy (non-hydrogen) atoms. The van der Waals surface area contributed by atoms with Crippen LogP contribution in [0.5, 0.6) is 0 Å². The molecular formula is C14H16N4O. The van der Waals surface area contributed by atoms with Gasteiger partial charge < -0.3 is 10.6 Å². The van der Waals surface area contributed by atoms with Crippen molar-refractivity contribution in [3.63, 3.8) is 0 Å². The maximum atomic E-state index is 12.7.